The van der Waals surface area contributed by atoms with Gasteiger partial charge in [-0.3, -0.25) is 4.98 Å². The van der Waals surface area contributed by atoms with Crippen molar-refractivity contribution < 1.29 is 0 Å². The van der Waals surface area contributed by atoms with Crippen molar-refractivity contribution >= 4 is 21.9 Å². The number of aromatic amines is 2. The van der Waals surface area contributed by atoms with E-state index in [0.717, 1.165) is 46.7 Å². The quantitative estimate of drug-likeness (QED) is 0.302. The zero-order chi connectivity index (χ0) is 22.5. The van der Waals surface area contributed by atoms with Crippen molar-refractivity contribution in [3.63, 3.8) is 0 Å². The highest BCUT2D eigenvalue weighted by atomic mass is 15.0. The van der Waals surface area contributed by atoms with Crippen LogP contribution in [0.25, 0.3) is 44.3 Å². The molecule has 3 N–H and O–H groups in total. The van der Waals surface area contributed by atoms with Gasteiger partial charge >= 0.3 is 0 Å². The molecule has 1 unspecified atom stereocenters. The van der Waals surface area contributed by atoms with Crippen molar-refractivity contribution in [3.05, 3.63) is 71.3 Å². The lowest BCUT2D eigenvalue weighted by Gasteiger charge is -2.21. The van der Waals surface area contributed by atoms with E-state index in [9.17, 15) is 0 Å². The molecule has 0 amide bonds. The van der Waals surface area contributed by atoms with Gasteiger partial charge in [-0.1, -0.05) is 24.6 Å². The summed E-state index contributed by atoms with van der Waals surface area (Å²) in [7, 11) is 0. The molecule has 0 aliphatic carbocycles. The van der Waals surface area contributed by atoms with Crippen molar-refractivity contribution in [1.82, 2.24) is 25.3 Å². The topological polar surface area (TPSA) is 69.4 Å². The second-order valence-corrected chi connectivity index (χ2v) is 9.38. The van der Waals surface area contributed by atoms with Gasteiger partial charge in [-0.15, -0.1) is 0 Å². The summed E-state index contributed by atoms with van der Waals surface area (Å²) in [6, 6.07) is 17.9. The summed E-state index contributed by atoms with van der Waals surface area (Å²) in [6.45, 7) is 7.36. The van der Waals surface area contributed by atoms with Gasteiger partial charge in [0.2, 0.25) is 0 Å². The van der Waals surface area contributed by atoms with Crippen LogP contribution in [0.5, 0.6) is 0 Å². The lowest BCUT2D eigenvalue weighted by molar-refractivity contribution is 0.400. The average Bonchev–Trinajstić information content (AvgIpc) is 3.39. The number of H-pyrrole nitrogens is 2. The number of rotatable bonds is 3. The third-order valence-electron chi connectivity index (χ3n) is 6.90. The summed E-state index contributed by atoms with van der Waals surface area (Å²) in [6.07, 6.45) is 3.66. The molecule has 166 valence electrons. The van der Waals surface area contributed by atoms with Crippen LogP contribution in [-0.4, -0.2) is 26.5 Å². The first kappa shape index (κ1) is 20.2. The Kier molecular flexibility index (Phi) is 4.80. The Labute approximate surface area is 193 Å². The number of hydrogen-bond acceptors (Lipinski definition) is 3. The molecule has 5 aromatic rings. The van der Waals surface area contributed by atoms with E-state index in [1.54, 1.807) is 0 Å². The molecule has 1 aliphatic heterocycles. The van der Waals surface area contributed by atoms with Crippen LogP contribution in [0.4, 0.5) is 0 Å². The van der Waals surface area contributed by atoms with Crippen molar-refractivity contribution in [2.75, 3.05) is 6.54 Å². The van der Waals surface area contributed by atoms with E-state index in [2.05, 4.69) is 75.7 Å². The molecule has 6 rings (SSSR count). The Hall–Kier alpha value is -3.44. The van der Waals surface area contributed by atoms with Gasteiger partial charge in [0.25, 0.3) is 0 Å². The molecule has 4 heterocycles. The second kappa shape index (κ2) is 7.85. The van der Waals surface area contributed by atoms with Crippen LogP contribution in [0.2, 0.25) is 0 Å². The highest BCUT2D eigenvalue weighted by Gasteiger charge is 2.18. The van der Waals surface area contributed by atoms with Crippen LogP contribution in [0.1, 0.15) is 48.1 Å². The molecule has 0 bridgehead atoms. The number of hydrogen-bond donors (Lipinski definition) is 3. The Morgan fingerprint density at radius 1 is 0.758 bits per heavy atom. The Morgan fingerprint density at radius 2 is 1.52 bits per heavy atom. The maximum atomic E-state index is 4.85. The molecule has 5 nitrogen and oxygen atoms in total. The molecule has 33 heavy (non-hydrogen) atoms. The van der Waals surface area contributed by atoms with E-state index >= 15 is 0 Å². The third kappa shape index (κ3) is 3.62. The smallest absolute Gasteiger partial charge is 0.124 e. The van der Waals surface area contributed by atoms with Crippen LogP contribution in [0.3, 0.4) is 0 Å². The first-order valence-corrected chi connectivity index (χ1v) is 11.9. The van der Waals surface area contributed by atoms with Gasteiger partial charge in [0.1, 0.15) is 5.82 Å². The number of aromatic nitrogens is 4. The van der Waals surface area contributed by atoms with Crippen LogP contribution in [-0.2, 0) is 0 Å². The van der Waals surface area contributed by atoms with Crippen LogP contribution >= 0.6 is 0 Å². The second-order valence-electron chi connectivity index (χ2n) is 9.38. The molecule has 1 fully saturated rings. The number of pyridine rings is 1. The Morgan fingerprint density at radius 3 is 2.27 bits per heavy atom. The SMILES string of the molecule is Cc1cc(-c2[nH]c3cc(-c4ccc5nc(C6CCCCN6)[nH]c5c4)ccc3c2C)cc(C)n1. The minimum absolute atomic E-state index is 0.340. The van der Waals surface area contributed by atoms with E-state index in [0.29, 0.717) is 6.04 Å². The number of nitrogens with one attached hydrogen (secondary N) is 3. The fourth-order valence-electron chi connectivity index (χ4n) is 5.24. The zero-order valence-corrected chi connectivity index (χ0v) is 19.4. The van der Waals surface area contributed by atoms with E-state index in [1.165, 1.54) is 46.2 Å². The van der Waals surface area contributed by atoms with Gasteiger partial charge in [0.15, 0.2) is 0 Å². The molecule has 1 aliphatic rings. The molecular weight excluding hydrogens is 406 g/mol. The average molecular weight is 436 g/mol. The normalized spacial score (nSPS) is 16.6. The van der Waals surface area contributed by atoms with Crippen molar-refractivity contribution in [2.45, 2.75) is 46.1 Å². The molecule has 0 saturated carbocycles. The highest BCUT2D eigenvalue weighted by Crippen LogP contribution is 2.34. The van der Waals surface area contributed by atoms with E-state index in [1.807, 2.05) is 13.8 Å². The lowest BCUT2D eigenvalue weighted by Crippen LogP contribution is -2.27. The van der Waals surface area contributed by atoms with Crippen molar-refractivity contribution in [1.29, 1.82) is 0 Å². The van der Waals surface area contributed by atoms with Gasteiger partial charge in [-0.2, -0.15) is 0 Å². The summed E-state index contributed by atoms with van der Waals surface area (Å²) < 4.78 is 0. The van der Waals surface area contributed by atoms with Crippen LogP contribution in [0, 0.1) is 20.8 Å². The summed E-state index contributed by atoms with van der Waals surface area (Å²) in [5.74, 6) is 1.06. The van der Waals surface area contributed by atoms with Crippen molar-refractivity contribution in [2.24, 2.45) is 0 Å². The highest BCUT2D eigenvalue weighted by molar-refractivity contribution is 5.94. The number of aryl methyl sites for hydroxylation is 3. The van der Waals surface area contributed by atoms with Gasteiger partial charge in [-0.25, -0.2) is 4.98 Å². The van der Waals surface area contributed by atoms with Gasteiger partial charge in [0.05, 0.1) is 17.1 Å². The molecule has 2 aromatic carbocycles. The molecule has 5 heteroatoms. The largest absolute Gasteiger partial charge is 0.354 e. The fourth-order valence-corrected chi connectivity index (χ4v) is 5.24. The number of benzene rings is 2. The number of piperidine rings is 1. The lowest BCUT2D eigenvalue weighted by atomic mass is 10.0. The number of fused-ring (bicyclic) bond motifs is 2. The number of nitrogens with zero attached hydrogens (tertiary/aromatic N) is 2. The molecule has 3 aromatic heterocycles. The van der Waals surface area contributed by atoms with E-state index in [4.69, 9.17) is 4.98 Å². The minimum atomic E-state index is 0.340. The standard InChI is InChI=1S/C28H29N5/c1-16-12-21(13-17(2)30-16)27-18(3)22-9-7-19(14-25(22)31-27)20-8-10-23-26(15-20)33-28(32-23)24-6-4-5-11-29-24/h7-10,12-15,24,29,31H,4-6,11H2,1-3H3,(H,32,33). The maximum absolute atomic E-state index is 4.85. The summed E-state index contributed by atoms with van der Waals surface area (Å²) in [4.78, 5) is 16.6. The Balaban J connectivity index is 1.38. The monoisotopic (exact) mass is 435 g/mol. The van der Waals surface area contributed by atoms with E-state index < -0.39 is 0 Å². The minimum Gasteiger partial charge on any atom is -0.354 e. The summed E-state index contributed by atoms with van der Waals surface area (Å²) >= 11 is 0. The third-order valence-corrected chi connectivity index (χ3v) is 6.90. The molecule has 1 saturated heterocycles. The van der Waals surface area contributed by atoms with Gasteiger partial charge in [-0.05, 0) is 87.2 Å². The molecular formula is C28H29N5. The summed E-state index contributed by atoms with van der Waals surface area (Å²) in [5.41, 5.74) is 11.4. The molecule has 0 spiro atoms. The summed E-state index contributed by atoms with van der Waals surface area (Å²) in [5, 5.41) is 4.85. The molecule has 0 radical (unpaired) electrons. The van der Waals surface area contributed by atoms with E-state index in [-0.39, 0.29) is 0 Å². The van der Waals surface area contributed by atoms with Gasteiger partial charge < -0.3 is 15.3 Å². The van der Waals surface area contributed by atoms with Crippen molar-refractivity contribution in [3.8, 4) is 22.4 Å². The van der Waals surface area contributed by atoms with Crippen LogP contribution in [0.15, 0.2) is 48.5 Å². The predicted octanol–water partition coefficient (Wildman–Crippen LogP) is 6.51. The fraction of sp³-hybridized carbons (Fsp3) is 0.286. The first-order chi connectivity index (χ1) is 16.0. The first-order valence-electron chi connectivity index (χ1n) is 11.9. The Bertz CT molecular complexity index is 1460. The maximum Gasteiger partial charge on any atom is 0.124 e. The van der Waals surface area contributed by atoms with Crippen LogP contribution < -0.4 is 5.32 Å². The molecule has 1 atom stereocenters. The van der Waals surface area contributed by atoms with Gasteiger partial charge in [0, 0.05) is 33.5 Å². The number of imidazole rings is 1. The predicted molar refractivity (Wildman–Crippen MR) is 135 cm³/mol. The zero-order valence-electron chi connectivity index (χ0n) is 19.4.